The zero-order chi connectivity index (χ0) is 19.0. The summed E-state index contributed by atoms with van der Waals surface area (Å²) in [5.74, 6) is -0.131. The van der Waals surface area contributed by atoms with Crippen molar-refractivity contribution in [1.29, 1.82) is 0 Å². The summed E-state index contributed by atoms with van der Waals surface area (Å²) in [6, 6.07) is 13.5. The Bertz CT molecular complexity index is 1090. The molecule has 0 saturated carbocycles. The number of amides is 1. The van der Waals surface area contributed by atoms with E-state index >= 15 is 0 Å². The minimum Gasteiger partial charge on any atom is -0.308 e. The Morgan fingerprint density at radius 3 is 2.46 bits per heavy atom. The number of para-hydroxylation sites is 2. The third-order valence-electron chi connectivity index (χ3n) is 4.08. The Hall–Kier alpha value is -1.77. The molecule has 146 valence electrons. The van der Waals surface area contributed by atoms with Gasteiger partial charge in [0.05, 0.1) is 19.9 Å². The van der Waals surface area contributed by atoms with E-state index in [4.69, 9.17) is 11.6 Å². The first-order valence-electron chi connectivity index (χ1n) is 8.40. The number of anilines is 1. The Balaban J connectivity index is 0.00000225. The van der Waals surface area contributed by atoms with E-state index in [1.54, 1.807) is 4.90 Å². The first-order valence-corrected chi connectivity index (χ1v) is 10.4. The number of nitrogens with zero attached hydrogens (tertiary/aromatic N) is 4. The summed E-state index contributed by atoms with van der Waals surface area (Å²) < 4.78 is 1.96. The van der Waals surface area contributed by atoms with Gasteiger partial charge in [-0.15, -0.1) is 23.7 Å². The molecule has 2 aromatic heterocycles. The van der Waals surface area contributed by atoms with E-state index in [0.717, 1.165) is 27.0 Å². The number of thiazole rings is 2. The van der Waals surface area contributed by atoms with Crippen molar-refractivity contribution in [3.63, 3.8) is 0 Å². The normalized spacial score (nSPS) is 11.1. The van der Waals surface area contributed by atoms with Gasteiger partial charge in [-0.25, -0.2) is 9.97 Å². The Morgan fingerprint density at radius 1 is 1.00 bits per heavy atom. The number of fused-ring (bicyclic) bond motifs is 2. The number of aromatic nitrogens is 2. The summed E-state index contributed by atoms with van der Waals surface area (Å²) in [4.78, 5) is 26.2. The first kappa shape index (κ1) is 21.0. The van der Waals surface area contributed by atoms with Crippen LogP contribution in [0.15, 0.2) is 42.5 Å². The molecule has 9 heteroatoms. The maximum atomic E-state index is 13.3. The molecule has 0 aliphatic carbocycles. The number of carbonyl (C=O) groups is 1. The third-order valence-corrected chi connectivity index (χ3v) is 6.46. The Kier molecular flexibility index (Phi) is 6.52. The SMILES string of the molecule is CN(C)CCN(C(=O)c1nc2ccccc2s1)c1nc2c(Cl)cccc2s1.Cl. The second kappa shape index (κ2) is 8.71. The summed E-state index contributed by atoms with van der Waals surface area (Å²) in [6.45, 7) is 1.25. The largest absolute Gasteiger partial charge is 0.308 e. The highest BCUT2D eigenvalue weighted by Gasteiger charge is 2.24. The van der Waals surface area contributed by atoms with Crippen LogP contribution < -0.4 is 4.90 Å². The summed E-state index contributed by atoms with van der Waals surface area (Å²) in [5.41, 5.74) is 1.57. The van der Waals surface area contributed by atoms with E-state index in [-0.39, 0.29) is 18.3 Å². The van der Waals surface area contributed by atoms with E-state index in [9.17, 15) is 4.79 Å². The van der Waals surface area contributed by atoms with Crippen molar-refractivity contribution in [3.8, 4) is 0 Å². The highest BCUT2D eigenvalue weighted by Crippen LogP contribution is 2.34. The average Bonchev–Trinajstić information content (AvgIpc) is 3.26. The van der Waals surface area contributed by atoms with Crippen molar-refractivity contribution in [3.05, 3.63) is 52.5 Å². The fourth-order valence-corrected chi connectivity index (χ4v) is 4.89. The van der Waals surface area contributed by atoms with Crippen LogP contribution in [0.1, 0.15) is 9.80 Å². The predicted molar refractivity (Wildman–Crippen MR) is 122 cm³/mol. The molecule has 0 fully saturated rings. The van der Waals surface area contributed by atoms with E-state index in [2.05, 4.69) is 9.97 Å². The van der Waals surface area contributed by atoms with Crippen LogP contribution in [0.3, 0.4) is 0 Å². The molecule has 0 bridgehead atoms. The highest BCUT2D eigenvalue weighted by atomic mass is 35.5. The van der Waals surface area contributed by atoms with Crippen LogP contribution in [0.4, 0.5) is 5.13 Å². The molecular formula is C19H18Cl2N4OS2. The van der Waals surface area contributed by atoms with Gasteiger partial charge in [0, 0.05) is 13.1 Å². The van der Waals surface area contributed by atoms with Crippen LogP contribution in [0, 0.1) is 0 Å². The molecule has 5 nitrogen and oxygen atoms in total. The van der Waals surface area contributed by atoms with Crippen molar-refractivity contribution in [2.75, 3.05) is 32.1 Å². The number of halogens is 2. The second-order valence-corrected chi connectivity index (χ2v) is 8.78. The van der Waals surface area contributed by atoms with Crippen LogP contribution in [0.5, 0.6) is 0 Å². The molecule has 28 heavy (non-hydrogen) atoms. The molecule has 2 aromatic carbocycles. The zero-order valence-electron chi connectivity index (χ0n) is 15.3. The lowest BCUT2D eigenvalue weighted by molar-refractivity contribution is 0.0985. The summed E-state index contributed by atoms with van der Waals surface area (Å²) in [6.07, 6.45) is 0. The fraction of sp³-hybridized carbons (Fsp3) is 0.211. The summed E-state index contributed by atoms with van der Waals surface area (Å²) in [5, 5.41) is 1.71. The highest BCUT2D eigenvalue weighted by molar-refractivity contribution is 7.23. The van der Waals surface area contributed by atoms with Crippen LogP contribution in [0.25, 0.3) is 20.4 Å². The molecule has 0 aliphatic heterocycles. The van der Waals surface area contributed by atoms with Crippen LogP contribution >= 0.6 is 46.7 Å². The summed E-state index contributed by atoms with van der Waals surface area (Å²) >= 11 is 9.15. The van der Waals surface area contributed by atoms with Crippen LogP contribution in [-0.4, -0.2) is 48.0 Å². The van der Waals surface area contributed by atoms with Crippen molar-refractivity contribution in [1.82, 2.24) is 14.9 Å². The maximum Gasteiger partial charge on any atom is 0.289 e. The van der Waals surface area contributed by atoms with Gasteiger partial charge in [0.15, 0.2) is 10.1 Å². The molecule has 0 atom stereocenters. The van der Waals surface area contributed by atoms with Crippen molar-refractivity contribution in [2.24, 2.45) is 0 Å². The van der Waals surface area contributed by atoms with Gasteiger partial charge in [0.1, 0.15) is 5.52 Å². The number of carbonyl (C=O) groups excluding carboxylic acids is 1. The van der Waals surface area contributed by atoms with Gasteiger partial charge < -0.3 is 4.90 Å². The molecule has 0 saturated heterocycles. The van der Waals surface area contributed by atoms with Gasteiger partial charge in [-0.1, -0.05) is 41.1 Å². The number of likely N-dealkylation sites (N-methyl/N-ethyl adjacent to an activating group) is 1. The molecule has 1 amide bonds. The van der Waals surface area contributed by atoms with Crippen LogP contribution in [0.2, 0.25) is 5.02 Å². The third kappa shape index (κ3) is 4.14. The number of rotatable bonds is 5. The molecule has 0 N–H and O–H groups in total. The molecular weight excluding hydrogens is 435 g/mol. The van der Waals surface area contributed by atoms with Crippen LogP contribution in [-0.2, 0) is 0 Å². The van der Waals surface area contributed by atoms with Crippen molar-refractivity contribution >= 4 is 78.2 Å². The molecule has 4 rings (SSSR count). The molecule has 4 aromatic rings. The van der Waals surface area contributed by atoms with Gasteiger partial charge >= 0.3 is 0 Å². The van der Waals surface area contributed by atoms with Gasteiger partial charge in [0.25, 0.3) is 5.91 Å². The lowest BCUT2D eigenvalue weighted by Crippen LogP contribution is -2.36. The van der Waals surface area contributed by atoms with E-state index in [1.807, 2.05) is 61.5 Å². The van der Waals surface area contributed by atoms with Gasteiger partial charge in [-0.3, -0.25) is 9.69 Å². The van der Waals surface area contributed by atoms with Crippen molar-refractivity contribution in [2.45, 2.75) is 0 Å². The molecule has 0 spiro atoms. The number of hydrogen-bond donors (Lipinski definition) is 0. The first-order chi connectivity index (χ1) is 13.0. The minimum atomic E-state index is -0.131. The molecule has 0 unspecified atom stereocenters. The second-order valence-electron chi connectivity index (χ2n) is 6.33. The van der Waals surface area contributed by atoms with E-state index in [0.29, 0.717) is 21.7 Å². The van der Waals surface area contributed by atoms with Gasteiger partial charge in [-0.2, -0.15) is 0 Å². The molecule has 2 heterocycles. The molecule has 0 radical (unpaired) electrons. The predicted octanol–water partition coefficient (Wildman–Crippen LogP) is 5.19. The van der Waals surface area contributed by atoms with E-state index in [1.165, 1.54) is 22.7 Å². The zero-order valence-corrected chi connectivity index (χ0v) is 18.5. The minimum absolute atomic E-state index is 0. The lowest BCUT2D eigenvalue weighted by atomic mass is 10.3. The Labute approximate surface area is 182 Å². The average molecular weight is 453 g/mol. The monoisotopic (exact) mass is 452 g/mol. The van der Waals surface area contributed by atoms with Gasteiger partial charge in [0.2, 0.25) is 0 Å². The van der Waals surface area contributed by atoms with E-state index < -0.39 is 0 Å². The number of hydrogen-bond acceptors (Lipinski definition) is 6. The topological polar surface area (TPSA) is 49.3 Å². The maximum absolute atomic E-state index is 13.3. The molecule has 0 aliphatic rings. The standard InChI is InChI=1S/C19H17ClN4OS2.ClH/c1-23(2)10-11-24(19-22-16-12(20)6-5-9-15(16)27-19)18(25)17-21-13-7-3-4-8-14(13)26-17;/h3-9H,10-11H2,1-2H3;1H. The Morgan fingerprint density at radius 2 is 1.75 bits per heavy atom. The van der Waals surface area contributed by atoms with Gasteiger partial charge in [-0.05, 0) is 38.4 Å². The lowest BCUT2D eigenvalue weighted by Gasteiger charge is -2.20. The number of benzene rings is 2. The fourth-order valence-electron chi connectivity index (χ4n) is 2.68. The summed E-state index contributed by atoms with van der Waals surface area (Å²) in [7, 11) is 3.96. The quantitative estimate of drug-likeness (QED) is 0.417. The smallest absolute Gasteiger partial charge is 0.289 e. The van der Waals surface area contributed by atoms with Crippen molar-refractivity contribution < 1.29 is 4.79 Å².